The first-order valence-electron chi connectivity index (χ1n) is 5.26. The third kappa shape index (κ3) is 6.63. The molecule has 0 aliphatic carbocycles. The van der Waals surface area contributed by atoms with Crippen molar-refractivity contribution in [3.05, 3.63) is 35.9 Å². The topological polar surface area (TPSA) is 55.4 Å². The van der Waals surface area contributed by atoms with Crippen molar-refractivity contribution in [2.24, 2.45) is 0 Å². The maximum atomic E-state index is 11.2. The summed E-state index contributed by atoms with van der Waals surface area (Å²) in [5.41, 5.74) is 0.945. The molecule has 0 spiro atoms. The third-order valence-corrected chi connectivity index (χ3v) is 2.70. The van der Waals surface area contributed by atoms with Crippen molar-refractivity contribution >= 4 is 23.0 Å². The van der Waals surface area contributed by atoms with Crippen molar-refractivity contribution in [2.75, 3.05) is 12.3 Å². The van der Waals surface area contributed by atoms with Crippen LogP contribution in [0.2, 0.25) is 0 Å². The molecule has 0 bridgehead atoms. The van der Waals surface area contributed by atoms with Gasteiger partial charge in [-0.3, -0.25) is 4.79 Å². The van der Waals surface area contributed by atoms with Crippen LogP contribution >= 0.6 is 11.8 Å². The number of benzene rings is 1. The second-order valence-electron chi connectivity index (χ2n) is 3.33. The summed E-state index contributed by atoms with van der Waals surface area (Å²) in [6, 6.07) is 9.46. The Kier molecular flexibility index (Phi) is 6.17. The van der Waals surface area contributed by atoms with Crippen molar-refractivity contribution in [1.82, 2.24) is 5.32 Å². The van der Waals surface area contributed by atoms with Crippen LogP contribution in [0.15, 0.2) is 30.3 Å². The number of ether oxygens (including phenoxy) is 1. The highest BCUT2D eigenvalue weighted by molar-refractivity contribution is 8.13. The highest BCUT2D eigenvalue weighted by atomic mass is 32.2. The van der Waals surface area contributed by atoms with Crippen LogP contribution in [0, 0.1) is 0 Å². The normalized spacial score (nSPS) is 9.71. The maximum Gasteiger partial charge on any atom is 0.407 e. The molecule has 0 aliphatic heterocycles. The Hall–Kier alpha value is -1.49. The summed E-state index contributed by atoms with van der Waals surface area (Å²) in [7, 11) is 0. The lowest BCUT2D eigenvalue weighted by Crippen LogP contribution is -2.26. The van der Waals surface area contributed by atoms with Gasteiger partial charge in [0.1, 0.15) is 6.61 Å². The van der Waals surface area contributed by atoms with Crippen molar-refractivity contribution < 1.29 is 14.3 Å². The second kappa shape index (κ2) is 7.73. The van der Waals surface area contributed by atoms with E-state index < -0.39 is 6.09 Å². The van der Waals surface area contributed by atoms with Crippen LogP contribution in [0.5, 0.6) is 0 Å². The van der Waals surface area contributed by atoms with Crippen LogP contribution in [0.1, 0.15) is 12.5 Å². The monoisotopic (exact) mass is 253 g/mol. The van der Waals surface area contributed by atoms with Crippen LogP contribution in [-0.4, -0.2) is 23.5 Å². The number of rotatable bonds is 5. The summed E-state index contributed by atoms with van der Waals surface area (Å²) in [5.74, 6) is 0.565. The Bertz CT molecular complexity index is 367. The molecule has 0 heterocycles. The molecule has 0 aromatic heterocycles. The van der Waals surface area contributed by atoms with E-state index in [1.807, 2.05) is 30.3 Å². The molecule has 0 saturated heterocycles. The van der Waals surface area contributed by atoms with Gasteiger partial charge in [0, 0.05) is 19.2 Å². The average Bonchev–Trinajstić information content (AvgIpc) is 2.33. The van der Waals surface area contributed by atoms with Crippen LogP contribution in [0.25, 0.3) is 0 Å². The SMILES string of the molecule is CC(=O)SCCNC(=O)OCc1ccccc1. The van der Waals surface area contributed by atoms with Gasteiger partial charge in [-0.1, -0.05) is 42.1 Å². The molecule has 0 fully saturated rings. The molecule has 0 saturated carbocycles. The Morgan fingerprint density at radius 2 is 2.00 bits per heavy atom. The molecule has 1 amide bonds. The first-order chi connectivity index (χ1) is 8.18. The van der Waals surface area contributed by atoms with E-state index in [-0.39, 0.29) is 11.7 Å². The third-order valence-electron chi connectivity index (χ3n) is 1.89. The van der Waals surface area contributed by atoms with Gasteiger partial charge in [-0.25, -0.2) is 4.79 Å². The number of hydrogen-bond donors (Lipinski definition) is 1. The molecule has 4 nitrogen and oxygen atoms in total. The summed E-state index contributed by atoms with van der Waals surface area (Å²) in [4.78, 5) is 21.9. The Morgan fingerprint density at radius 1 is 1.29 bits per heavy atom. The van der Waals surface area contributed by atoms with Gasteiger partial charge in [0.2, 0.25) is 0 Å². The van der Waals surface area contributed by atoms with E-state index in [0.717, 1.165) is 5.56 Å². The molecular formula is C12H15NO3S. The van der Waals surface area contributed by atoms with E-state index in [4.69, 9.17) is 4.74 Å². The molecule has 17 heavy (non-hydrogen) atoms. The quantitative estimate of drug-likeness (QED) is 0.817. The van der Waals surface area contributed by atoms with Gasteiger partial charge in [0.05, 0.1) is 0 Å². The summed E-state index contributed by atoms with van der Waals surface area (Å²) in [6.07, 6.45) is -0.460. The Labute approximate surface area is 105 Å². The first kappa shape index (κ1) is 13.6. The minimum absolute atomic E-state index is 0.0458. The molecule has 1 aromatic rings. The van der Waals surface area contributed by atoms with Gasteiger partial charge < -0.3 is 10.1 Å². The van der Waals surface area contributed by atoms with Gasteiger partial charge in [-0.05, 0) is 5.56 Å². The minimum atomic E-state index is -0.460. The van der Waals surface area contributed by atoms with Crippen LogP contribution in [0.4, 0.5) is 4.79 Å². The number of carbonyl (C=O) groups is 2. The van der Waals surface area contributed by atoms with Gasteiger partial charge >= 0.3 is 6.09 Å². The molecule has 0 atom stereocenters. The van der Waals surface area contributed by atoms with E-state index in [9.17, 15) is 9.59 Å². The number of hydrogen-bond acceptors (Lipinski definition) is 4. The van der Waals surface area contributed by atoms with Gasteiger partial charge in [-0.15, -0.1) is 0 Å². The van der Waals surface area contributed by atoms with Crippen LogP contribution in [-0.2, 0) is 16.1 Å². The standard InChI is InChI=1S/C12H15NO3S/c1-10(14)17-8-7-13-12(15)16-9-11-5-3-2-4-6-11/h2-6H,7-9H2,1H3,(H,13,15). The van der Waals surface area contributed by atoms with Crippen LogP contribution in [0.3, 0.4) is 0 Å². The van der Waals surface area contributed by atoms with E-state index in [0.29, 0.717) is 12.3 Å². The predicted octanol–water partition coefficient (Wildman–Crippen LogP) is 2.19. The number of carbonyl (C=O) groups excluding carboxylic acids is 2. The zero-order chi connectivity index (χ0) is 12.5. The number of thioether (sulfide) groups is 1. The minimum Gasteiger partial charge on any atom is -0.445 e. The van der Waals surface area contributed by atoms with E-state index >= 15 is 0 Å². The van der Waals surface area contributed by atoms with Crippen molar-refractivity contribution in [3.63, 3.8) is 0 Å². The fraction of sp³-hybridized carbons (Fsp3) is 0.333. The molecule has 5 heteroatoms. The molecule has 1 aromatic carbocycles. The summed E-state index contributed by atoms with van der Waals surface area (Å²) in [6.45, 7) is 2.18. The second-order valence-corrected chi connectivity index (χ2v) is 4.60. The van der Waals surface area contributed by atoms with Crippen molar-refractivity contribution in [2.45, 2.75) is 13.5 Å². The fourth-order valence-electron chi connectivity index (χ4n) is 1.12. The van der Waals surface area contributed by atoms with Crippen LogP contribution < -0.4 is 5.32 Å². The Balaban J connectivity index is 2.11. The average molecular weight is 253 g/mol. The summed E-state index contributed by atoms with van der Waals surface area (Å²) >= 11 is 1.18. The van der Waals surface area contributed by atoms with Gasteiger partial charge in [-0.2, -0.15) is 0 Å². The lowest BCUT2D eigenvalue weighted by molar-refractivity contribution is -0.109. The van der Waals surface area contributed by atoms with Gasteiger partial charge in [0.25, 0.3) is 0 Å². The van der Waals surface area contributed by atoms with E-state index in [1.54, 1.807) is 0 Å². The first-order valence-corrected chi connectivity index (χ1v) is 6.25. The Morgan fingerprint density at radius 3 is 2.65 bits per heavy atom. The molecular weight excluding hydrogens is 238 g/mol. The highest BCUT2D eigenvalue weighted by Gasteiger charge is 2.02. The summed E-state index contributed by atoms with van der Waals surface area (Å²) < 4.78 is 4.99. The lowest BCUT2D eigenvalue weighted by atomic mass is 10.2. The summed E-state index contributed by atoms with van der Waals surface area (Å²) in [5, 5.41) is 2.62. The number of nitrogens with one attached hydrogen (secondary N) is 1. The van der Waals surface area contributed by atoms with Crippen molar-refractivity contribution in [3.8, 4) is 0 Å². The van der Waals surface area contributed by atoms with E-state index in [1.165, 1.54) is 18.7 Å². The molecule has 0 unspecified atom stereocenters. The zero-order valence-corrected chi connectivity index (χ0v) is 10.5. The number of amides is 1. The number of alkyl carbamates (subject to hydrolysis) is 1. The maximum absolute atomic E-state index is 11.2. The smallest absolute Gasteiger partial charge is 0.407 e. The van der Waals surface area contributed by atoms with Crippen molar-refractivity contribution in [1.29, 1.82) is 0 Å². The molecule has 0 radical (unpaired) electrons. The predicted molar refractivity (Wildman–Crippen MR) is 67.8 cm³/mol. The highest BCUT2D eigenvalue weighted by Crippen LogP contribution is 2.01. The molecule has 92 valence electrons. The largest absolute Gasteiger partial charge is 0.445 e. The van der Waals surface area contributed by atoms with E-state index in [2.05, 4.69) is 5.32 Å². The fourth-order valence-corrected chi connectivity index (χ4v) is 1.61. The zero-order valence-electron chi connectivity index (χ0n) is 9.64. The lowest BCUT2D eigenvalue weighted by Gasteiger charge is -2.06. The van der Waals surface area contributed by atoms with Gasteiger partial charge in [0.15, 0.2) is 5.12 Å². The molecule has 0 aliphatic rings. The molecule has 1 N–H and O–H groups in total. The molecule has 1 rings (SSSR count).